The van der Waals surface area contributed by atoms with Gasteiger partial charge in [-0.15, -0.1) is 11.3 Å². The number of anilines is 2. The van der Waals surface area contributed by atoms with Crippen molar-refractivity contribution >= 4 is 44.6 Å². The van der Waals surface area contributed by atoms with Crippen molar-refractivity contribution in [3.8, 4) is 10.6 Å². The SMILES string of the molecule is O=C1CCN2CCS(=O)(=O)c3cc(sc3C2=O)-c2nc(ncc2C(F)(F)F)Nc2cc3c(cc2C2CC2)CCN(CCN1)C3. The number of alkyl halides is 3. The minimum absolute atomic E-state index is 0.0224. The number of carbonyl (C=O) groups is 2. The smallest absolute Gasteiger partial charge is 0.355 e. The maximum absolute atomic E-state index is 14.2. The highest BCUT2D eigenvalue weighted by Gasteiger charge is 2.39. The molecular formula is C29H29F3N6O4S2. The highest BCUT2D eigenvalue weighted by Crippen LogP contribution is 2.46. The normalized spacial score (nSPS) is 21.9. The summed E-state index contributed by atoms with van der Waals surface area (Å²) in [6, 6.07) is 5.29. The zero-order valence-corrected chi connectivity index (χ0v) is 25.2. The Balaban J connectivity index is 1.37. The van der Waals surface area contributed by atoms with Gasteiger partial charge in [-0.25, -0.2) is 18.4 Å². The third-order valence-electron chi connectivity index (χ3n) is 8.56. The van der Waals surface area contributed by atoms with Crippen LogP contribution in [0.1, 0.15) is 57.1 Å². The summed E-state index contributed by atoms with van der Waals surface area (Å²) >= 11 is 0.654. The number of fused-ring (bicyclic) bond motifs is 7. The molecule has 0 radical (unpaired) electrons. The fourth-order valence-corrected chi connectivity index (χ4v) is 8.98. The van der Waals surface area contributed by atoms with Crippen LogP contribution >= 0.6 is 11.3 Å². The van der Waals surface area contributed by atoms with Gasteiger partial charge in [0.25, 0.3) is 5.91 Å². The van der Waals surface area contributed by atoms with Gasteiger partial charge in [0.2, 0.25) is 11.9 Å². The fourth-order valence-electron chi connectivity index (χ4n) is 6.02. The summed E-state index contributed by atoms with van der Waals surface area (Å²) in [5.41, 5.74) is 2.46. The molecule has 1 aliphatic carbocycles. The molecule has 2 amide bonds. The lowest BCUT2D eigenvalue weighted by molar-refractivity contribution is -0.137. The van der Waals surface area contributed by atoms with Crippen LogP contribution in [-0.2, 0) is 33.8 Å². The van der Waals surface area contributed by atoms with Crippen LogP contribution < -0.4 is 10.6 Å². The van der Waals surface area contributed by atoms with Crippen molar-refractivity contribution in [1.82, 2.24) is 25.1 Å². The first kappa shape index (κ1) is 29.2. The third kappa shape index (κ3) is 5.56. The predicted octanol–water partition coefficient (Wildman–Crippen LogP) is 3.95. The summed E-state index contributed by atoms with van der Waals surface area (Å²) in [5, 5.41) is 6.06. The van der Waals surface area contributed by atoms with Crippen LogP contribution in [0.2, 0.25) is 0 Å². The number of nitrogens with one attached hydrogen (secondary N) is 2. The monoisotopic (exact) mass is 646 g/mol. The second kappa shape index (κ2) is 10.8. The first-order valence-corrected chi connectivity index (χ1v) is 17.0. The molecule has 44 heavy (non-hydrogen) atoms. The van der Waals surface area contributed by atoms with Gasteiger partial charge in [0.05, 0.1) is 21.2 Å². The average Bonchev–Trinajstić information content (AvgIpc) is 3.72. The van der Waals surface area contributed by atoms with E-state index in [2.05, 4.69) is 31.6 Å². The molecule has 2 aromatic heterocycles. The van der Waals surface area contributed by atoms with Gasteiger partial charge in [-0.05, 0) is 54.0 Å². The molecule has 3 aliphatic heterocycles. The van der Waals surface area contributed by atoms with Crippen LogP contribution in [0.15, 0.2) is 29.3 Å². The molecule has 1 atom stereocenters. The Kier molecular flexibility index (Phi) is 7.16. The number of benzene rings is 1. The van der Waals surface area contributed by atoms with Gasteiger partial charge in [-0.1, -0.05) is 6.07 Å². The predicted molar refractivity (Wildman–Crippen MR) is 157 cm³/mol. The highest BCUT2D eigenvalue weighted by molar-refractivity contribution is 7.91. The first-order valence-electron chi connectivity index (χ1n) is 14.5. The van der Waals surface area contributed by atoms with Gasteiger partial charge >= 0.3 is 6.18 Å². The van der Waals surface area contributed by atoms with Crippen molar-refractivity contribution < 1.29 is 31.2 Å². The van der Waals surface area contributed by atoms with E-state index in [0.717, 1.165) is 48.7 Å². The summed E-state index contributed by atoms with van der Waals surface area (Å²) < 4.78 is 69.0. The topological polar surface area (TPSA) is 125 Å². The van der Waals surface area contributed by atoms with Crippen LogP contribution in [0.25, 0.3) is 10.6 Å². The number of thiophene rings is 1. The molecule has 3 aromatic rings. The standard InChI is InChI=1S/C29H29F3N6O4S2/c30-29(31,32)20-14-34-28-35-21-12-18-15-37(6-3-17(18)11-19(21)16-1-2-16)8-5-33-24(39)4-7-38-9-10-44(41,42)23-13-22(25(20)36-28)43-26(23)27(38)40/h11-14,16H,1-10,15H2,(H,33,39)(H,34,35,36). The molecule has 8 bridgehead atoms. The number of hydrogen-bond acceptors (Lipinski definition) is 9. The van der Waals surface area contributed by atoms with Crippen molar-refractivity contribution in [2.75, 3.05) is 43.8 Å². The number of carbonyl (C=O) groups excluding carboxylic acids is 2. The van der Waals surface area contributed by atoms with Crippen LogP contribution in [0.5, 0.6) is 0 Å². The van der Waals surface area contributed by atoms with Crippen LogP contribution in [-0.4, -0.2) is 78.5 Å². The summed E-state index contributed by atoms with van der Waals surface area (Å²) in [5.74, 6) is -1.05. The van der Waals surface area contributed by atoms with E-state index in [0.29, 0.717) is 43.1 Å². The van der Waals surface area contributed by atoms with Gasteiger partial charge in [-0.2, -0.15) is 13.2 Å². The molecule has 0 spiro atoms. The summed E-state index contributed by atoms with van der Waals surface area (Å²) in [7, 11) is -4.00. The minimum atomic E-state index is -4.83. The molecule has 0 saturated heterocycles. The van der Waals surface area contributed by atoms with E-state index in [1.807, 2.05) is 6.07 Å². The van der Waals surface area contributed by atoms with Crippen LogP contribution in [0, 0.1) is 0 Å². The Morgan fingerprint density at radius 3 is 2.59 bits per heavy atom. The number of amides is 2. The van der Waals surface area contributed by atoms with Crippen molar-refractivity contribution in [1.29, 1.82) is 0 Å². The fraction of sp³-hybridized carbons (Fsp3) is 0.448. The molecule has 1 saturated carbocycles. The lowest BCUT2D eigenvalue weighted by Gasteiger charge is -2.30. The molecule has 7 rings (SSSR count). The maximum Gasteiger partial charge on any atom is 0.420 e. The molecule has 15 heteroatoms. The Morgan fingerprint density at radius 2 is 1.82 bits per heavy atom. The lowest BCUT2D eigenvalue weighted by atomic mass is 9.94. The van der Waals surface area contributed by atoms with Crippen molar-refractivity contribution in [3.63, 3.8) is 0 Å². The Hall–Kier alpha value is -3.56. The quantitative estimate of drug-likeness (QED) is 0.408. The van der Waals surface area contributed by atoms with E-state index >= 15 is 0 Å². The lowest BCUT2D eigenvalue weighted by Crippen LogP contribution is -2.39. The molecule has 232 valence electrons. The number of aromatic nitrogens is 2. The minimum Gasteiger partial charge on any atom is -0.355 e. The van der Waals surface area contributed by atoms with E-state index in [-0.39, 0.29) is 46.0 Å². The second-order valence-electron chi connectivity index (χ2n) is 11.6. The van der Waals surface area contributed by atoms with E-state index < -0.39 is 38.9 Å². The van der Waals surface area contributed by atoms with Crippen LogP contribution in [0.3, 0.4) is 0 Å². The van der Waals surface area contributed by atoms with Gasteiger partial charge in [-0.3, -0.25) is 14.5 Å². The number of halogens is 3. The summed E-state index contributed by atoms with van der Waals surface area (Å²) in [6.07, 6.45) is -1.31. The van der Waals surface area contributed by atoms with E-state index in [1.165, 1.54) is 10.5 Å². The number of nitrogens with zero attached hydrogens (tertiary/aromatic N) is 4. The van der Waals surface area contributed by atoms with Crippen molar-refractivity contribution in [3.05, 3.63) is 51.5 Å². The van der Waals surface area contributed by atoms with Crippen LogP contribution in [0.4, 0.5) is 24.8 Å². The molecule has 1 unspecified atom stereocenters. The zero-order chi connectivity index (χ0) is 30.8. The van der Waals surface area contributed by atoms with Gasteiger partial charge in [0.15, 0.2) is 9.84 Å². The number of hydrogen-bond donors (Lipinski definition) is 2. The number of rotatable bonds is 1. The van der Waals surface area contributed by atoms with Gasteiger partial charge in [0.1, 0.15) is 10.4 Å². The highest BCUT2D eigenvalue weighted by atomic mass is 32.2. The first-order chi connectivity index (χ1) is 21.0. The Bertz CT molecular complexity index is 1790. The van der Waals surface area contributed by atoms with E-state index in [4.69, 9.17) is 0 Å². The molecule has 1 fully saturated rings. The van der Waals surface area contributed by atoms with Crippen molar-refractivity contribution in [2.45, 2.75) is 49.2 Å². The Morgan fingerprint density at radius 1 is 1.00 bits per heavy atom. The molecule has 4 aliphatic rings. The Labute approximate surface area is 255 Å². The molecule has 2 N–H and O–H groups in total. The largest absolute Gasteiger partial charge is 0.420 e. The molecule has 10 nitrogen and oxygen atoms in total. The third-order valence-corrected chi connectivity index (χ3v) is 11.5. The average molecular weight is 647 g/mol. The summed E-state index contributed by atoms with van der Waals surface area (Å²) in [4.78, 5) is 37.3. The molecule has 1 aromatic carbocycles. The molecule has 5 heterocycles. The second-order valence-corrected chi connectivity index (χ2v) is 14.7. The van der Waals surface area contributed by atoms with E-state index in [9.17, 15) is 31.2 Å². The molecular weight excluding hydrogens is 617 g/mol. The zero-order valence-electron chi connectivity index (χ0n) is 23.5. The van der Waals surface area contributed by atoms with Gasteiger partial charge < -0.3 is 15.5 Å². The van der Waals surface area contributed by atoms with Crippen molar-refractivity contribution in [2.24, 2.45) is 0 Å². The van der Waals surface area contributed by atoms with E-state index in [1.54, 1.807) is 0 Å². The maximum atomic E-state index is 14.2. The number of sulfone groups is 1. The summed E-state index contributed by atoms with van der Waals surface area (Å²) in [6.45, 7) is 2.37. The van der Waals surface area contributed by atoms with Gasteiger partial charge in [0, 0.05) is 57.6 Å².